The van der Waals surface area contributed by atoms with Gasteiger partial charge >= 0.3 is 6.09 Å². The number of carbonyl (C=O) groups is 1. The average Bonchev–Trinajstić information content (AvgIpc) is 2.46. The summed E-state index contributed by atoms with van der Waals surface area (Å²) in [6.07, 6.45) is -0.445. The molecule has 0 fully saturated rings. The highest BCUT2D eigenvalue weighted by Crippen LogP contribution is 2.14. The molecule has 0 bridgehead atoms. The molecule has 0 saturated carbocycles. The third-order valence-electron chi connectivity index (χ3n) is 2.90. The van der Waals surface area contributed by atoms with Gasteiger partial charge in [-0.3, -0.25) is 0 Å². The summed E-state index contributed by atoms with van der Waals surface area (Å²) in [5.74, 6) is 0.550. The highest BCUT2D eigenvalue weighted by Gasteiger charge is 2.07. The molecule has 4 nitrogen and oxygen atoms in total. The van der Waals surface area contributed by atoms with Crippen LogP contribution in [0.3, 0.4) is 0 Å². The monoisotopic (exact) mass is 306 g/mol. The first-order valence-electron chi connectivity index (χ1n) is 6.55. The Kier molecular flexibility index (Phi) is 6.72. The molecule has 1 amide bonds. The molecule has 21 heavy (non-hydrogen) atoms. The van der Waals surface area contributed by atoms with Gasteiger partial charge in [-0.2, -0.15) is 0 Å². The number of quaternary nitrogens is 1. The van der Waals surface area contributed by atoms with Crippen LogP contribution in [0.5, 0.6) is 5.75 Å². The van der Waals surface area contributed by atoms with Crippen molar-refractivity contribution in [2.45, 2.75) is 6.54 Å². The van der Waals surface area contributed by atoms with E-state index in [4.69, 9.17) is 4.74 Å². The van der Waals surface area contributed by atoms with Crippen molar-refractivity contribution in [3.8, 4) is 5.75 Å². The summed E-state index contributed by atoms with van der Waals surface area (Å²) in [4.78, 5) is 12.9. The van der Waals surface area contributed by atoms with E-state index < -0.39 is 6.09 Å². The van der Waals surface area contributed by atoms with E-state index in [0.29, 0.717) is 12.3 Å². The molecule has 0 radical (unpaired) electrons. The van der Waals surface area contributed by atoms with Gasteiger partial charge in [0.15, 0.2) is 0 Å². The fourth-order valence-electron chi connectivity index (χ4n) is 1.78. The van der Waals surface area contributed by atoms with Crippen molar-refractivity contribution in [2.75, 3.05) is 14.1 Å². The first-order valence-corrected chi connectivity index (χ1v) is 6.55. The van der Waals surface area contributed by atoms with Gasteiger partial charge in [0.05, 0.1) is 14.1 Å². The van der Waals surface area contributed by atoms with Gasteiger partial charge in [0.2, 0.25) is 0 Å². The number of ether oxygens (including phenoxy) is 1. The second-order valence-corrected chi connectivity index (χ2v) is 4.76. The summed E-state index contributed by atoms with van der Waals surface area (Å²) in [5, 5.41) is 2.73. The van der Waals surface area contributed by atoms with Crippen molar-refractivity contribution in [1.82, 2.24) is 5.32 Å². The molecule has 2 rings (SSSR count). The zero-order valence-corrected chi connectivity index (χ0v) is 12.9. The maximum Gasteiger partial charge on any atom is 0.412 e. The van der Waals surface area contributed by atoms with Gasteiger partial charge < -0.3 is 27.4 Å². The Hall–Kier alpha value is -2.04. The molecule has 0 saturated heterocycles. The summed E-state index contributed by atoms with van der Waals surface area (Å²) in [6, 6.07) is 17.2. The summed E-state index contributed by atoms with van der Waals surface area (Å²) in [7, 11) is 4.04. The lowest BCUT2D eigenvalue weighted by molar-refractivity contribution is -0.786. The second-order valence-electron chi connectivity index (χ2n) is 4.76. The molecule has 0 aromatic heterocycles. The topological polar surface area (TPSA) is 42.8 Å². The Balaban J connectivity index is 0.00000220. The van der Waals surface area contributed by atoms with Crippen LogP contribution in [0.25, 0.3) is 0 Å². The van der Waals surface area contributed by atoms with Gasteiger partial charge in [-0.1, -0.05) is 36.4 Å². The number of rotatable bonds is 4. The van der Waals surface area contributed by atoms with Crippen LogP contribution in [0, 0.1) is 0 Å². The van der Waals surface area contributed by atoms with Crippen molar-refractivity contribution in [2.24, 2.45) is 0 Å². The molecule has 2 aromatic rings. The number of nitrogens with one attached hydrogen (secondary N) is 2. The lowest BCUT2D eigenvalue weighted by Crippen LogP contribution is -3.00. The smallest absolute Gasteiger partial charge is 0.412 e. The predicted octanol–water partition coefficient (Wildman–Crippen LogP) is -1.24. The Morgan fingerprint density at radius 2 is 1.81 bits per heavy atom. The SMILES string of the molecule is C[NH+](C)c1cccc(OC(=O)NCc2ccccc2)c1.[Cl-]. The largest absolute Gasteiger partial charge is 1.00 e. The third kappa shape index (κ3) is 5.45. The van der Waals surface area contributed by atoms with Crippen LogP contribution in [0.2, 0.25) is 0 Å². The van der Waals surface area contributed by atoms with E-state index in [1.165, 1.54) is 4.90 Å². The zero-order chi connectivity index (χ0) is 14.4. The van der Waals surface area contributed by atoms with E-state index in [1.807, 2.05) is 62.6 Å². The summed E-state index contributed by atoms with van der Waals surface area (Å²) in [6.45, 7) is 0.457. The van der Waals surface area contributed by atoms with Gasteiger partial charge in [0, 0.05) is 12.6 Å². The number of hydrogen-bond donors (Lipinski definition) is 2. The van der Waals surface area contributed by atoms with Crippen molar-refractivity contribution in [1.29, 1.82) is 0 Å². The number of carbonyl (C=O) groups excluding carboxylic acids is 1. The predicted molar refractivity (Wildman–Crippen MR) is 78.2 cm³/mol. The minimum absolute atomic E-state index is 0. The number of benzene rings is 2. The Labute approximate surface area is 131 Å². The minimum atomic E-state index is -0.445. The Morgan fingerprint density at radius 1 is 1.10 bits per heavy atom. The summed E-state index contributed by atoms with van der Waals surface area (Å²) in [5.41, 5.74) is 2.11. The number of hydrogen-bond acceptors (Lipinski definition) is 2. The van der Waals surface area contributed by atoms with Gasteiger partial charge in [0.1, 0.15) is 11.4 Å². The fourth-order valence-corrected chi connectivity index (χ4v) is 1.78. The number of halogens is 1. The van der Waals surface area contributed by atoms with Crippen LogP contribution in [0.15, 0.2) is 54.6 Å². The van der Waals surface area contributed by atoms with Gasteiger partial charge in [-0.15, -0.1) is 0 Å². The van der Waals surface area contributed by atoms with Crippen LogP contribution in [-0.4, -0.2) is 20.2 Å². The normalized spacial score (nSPS) is 9.86. The average molecular weight is 307 g/mol. The van der Waals surface area contributed by atoms with Gasteiger partial charge in [-0.05, 0) is 17.7 Å². The Bertz CT molecular complexity index is 573. The molecule has 0 unspecified atom stereocenters. The van der Waals surface area contributed by atoms with E-state index in [2.05, 4.69) is 5.32 Å². The van der Waals surface area contributed by atoms with Crippen molar-refractivity contribution in [3.63, 3.8) is 0 Å². The van der Waals surface area contributed by atoms with Crippen molar-refractivity contribution >= 4 is 11.8 Å². The van der Waals surface area contributed by atoms with E-state index in [9.17, 15) is 4.79 Å². The third-order valence-corrected chi connectivity index (χ3v) is 2.90. The first-order chi connectivity index (χ1) is 9.65. The van der Waals surface area contributed by atoms with E-state index in [0.717, 1.165) is 11.3 Å². The van der Waals surface area contributed by atoms with Crippen LogP contribution in [-0.2, 0) is 6.54 Å². The zero-order valence-electron chi connectivity index (χ0n) is 12.1. The first kappa shape index (κ1) is 17.0. The molecule has 2 N–H and O–H groups in total. The van der Waals surface area contributed by atoms with Crippen LogP contribution in [0.4, 0.5) is 10.5 Å². The van der Waals surface area contributed by atoms with Crippen LogP contribution < -0.4 is 27.4 Å². The number of amides is 1. The molecule has 0 heterocycles. The molecule has 2 aromatic carbocycles. The molecular weight excluding hydrogens is 288 g/mol. The van der Waals surface area contributed by atoms with Gasteiger partial charge in [-0.25, -0.2) is 4.79 Å². The highest BCUT2D eigenvalue weighted by atomic mass is 35.5. The van der Waals surface area contributed by atoms with Crippen molar-refractivity contribution in [3.05, 3.63) is 60.2 Å². The lowest BCUT2D eigenvalue weighted by Gasteiger charge is -2.09. The van der Waals surface area contributed by atoms with E-state index in [1.54, 1.807) is 6.07 Å². The van der Waals surface area contributed by atoms with Crippen LogP contribution >= 0.6 is 0 Å². The van der Waals surface area contributed by atoms with E-state index >= 15 is 0 Å². The molecule has 5 heteroatoms. The molecule has 0 aliphatic carbocycles. The van der Waals surface area contributed by atoms with Crippen LogP contribution in [0.1, 0.15) is 5.56 Å². The maximum atomic E-state index is 11.7. The minimum Gasteiger partial charge on any atom is -1.00 e. The quantitative estimate of drug-likeness (QED) is 0.742. The molecule has 0 atom stereocenters. The summed E-state index contributed by atoms with van der Waals surface area (Å²) < 4.78 is 5.26. The fraction of sp³-hybridized carbons (Fsp3) is 0.188. The second kappa shape index (κ2) is 8.29. The molecule has 0 aliphatic heterocycles. The maximum absolute atomic E-state index is 11.7. The standard InChI is InChI=1S/C16H18N2O2.ClH/c1-18(2)14-9-6-10-15(11-14)20-16(19)17-12-13-7-4-3-5-8-13;/h3-11H,12H2,1-2H3,(H,17,19);1H. The summed E-state index contributed by atoms with van der Waals surface area (Å²) >= 11 is 0. The highest BCUT2D eigenvalue weighted by molar-refractivity contribution is 5.70. The van der Waals surface area contributed by atoms with Crippen molar-refractivity contribution < 1.29 is 26.8 Å². The van der Waals surface area contributed by atoms with E-state index in [-0.39, 0.29) is 12.4 Å². The Morgan fingerprint density at radius 3 is 2.48 bits per heavy atom. The molecular formula is C16H19ClN2O2. The lowest BCUT2D eigenvalue weighted by atomic mass is 10.2. The molecule has 0 spiro atoms. The molecule has 112 valence electrons. The van der Waals surface area contributed by atoms with Gasteiger partial charge in [0.25, 0.3) is 0 Å². The molecule has 0 aliphatic rings.